The van der Waals surface area contributed by atoms with E-state index in [1.807, 2.05) is 26.2 Å². The van der Waals surface area contributed by atoms with Crippen LogP contribution in [0.2, 0.25) is 0 Å². The Morgan fingerprint density at radius 2 is 1.70 bits per heavy atom. The van der Waals surface area contributed by atoms with Crippen LogP contribution >= 0.6 is 24.8 Å². The summed E-state index contributed by atoms with van der Waals surface area (Å²) < 4.78 is 8.50. The number of aromatic nitrogens is 5. The molecule has 0 radical (unpaired) electrons. The number of rotatable bonds is 5. The zero-order valence-corrected chi connectivity index (χ0v) is 24.3. The zero-order valence-electron chi connectivity index (χ0n) is 22.6. The second-order valence-electron chi connectivity index (χ2n) is 10.3. The molecular formula is C30H33Cl2N7O. The van der Waals surface area contributed by atoms with Crippen molar-refractivity contribution >= 4 is 41.4 Å². The summed E-state index contributed by atoms with van der Waals surface area (Å²) in [5.74, 6) is 0.974. The summed E-state index contributed by atoms with van der Waals surface area (Å²) in [5, 5.41) is 8.58. The number of imidazole rings is 1. The molecule has 5 heterocycles. The summed E-state index contributed by atoms with van der Waals surface area (Å²) in [5.41, 5.74) is 9.56. The average Bonchev–Trinajstić information content (AvgIpc) is 3.58. The fourth-order valence-corrected chi connectivity index (χ4v) is 5.76. The molecule has 0 amide bonds. The maximum Gasteiger partial charge on any atom is 0.147 e. The lowest BCUT2D eigenvalue weighted by Crippen LogP contribution is -2.47. The molecule has 2 aromatic carbocycles. The Hall–Kier alpha value is -3.59. The number of anilines is 1. The Labute approximate surface area is 246 Å². The van der Waals surface area contributed by atoms with Gasteiger partial charge >= 0.3 is 0 Å². The number of halogens is 2. The summed E-state index contributed by atoms with van der Waals surface area (Å²) in [6, 6.07) is 19.2. The molecule has 2 aliphatic heterocycles. The highest BCUT2D eigenvalue weighted by Crippen LogP contribution is 2.36. The maximum absolute atomic E-state index is 6.34. The normalized spacial score (nSPS) is 14.6. The van der Waals surface area contributed by atoms with Crippen LogP contribution in [-0.2, 0) is 13.0 Å². The van der Waals surface area contributed by atoms with E-state index in [1.165, 1.54) is 16.6 Å². The molecule has 10 heteroatoms. The summed E-state index contributed by atoms with van der Waals surface area (Å²) >= 11 is 0. The van der Waals surface area contributed by atoms with Crippen LogP contribution in [0.1, 0.15) is 22.6 Å². The summed E-state index contributed by atoms with van der Waals surface area (Å²) in [4.78, 5) is 14.5. The van der Waals surface area contributed by atoms with E-state index in [0.717, 1.165) is 84.6 Å². The van der Waals surface area contributed by atoms with Gasteiger partial charge in [-0.2, -0.15) is 5.10 Å². The molecule has 1 fully saturated rings. The van der Waals surface area contributed by atoms with Crippen LogP contribution in [0.3, 0.4) is 0 Å². The van der Waals surface area contributed by atoms with E-state index in [0.29, 0.717) is 6.61 Å². The van der Waals surface area contributed by atoms with E-state index in [2.05, 4.69) is 78.1 Å². The molecule has 1 saturated heterocycles. The lowest BCUT2D eigenvalue weighted by molar-refractivity contribution is 0.255. The molecule has 0 aliphatic carbocycles. The minimum atomic E-state index is 0. The maximum atomic E-state index is 6.34. The molecular weight excluding hydrogens is 545 g/mol. The number of para-hydroxylation sites is 1. The number of pyridine rings is 1. The molecule has 7 rings (SSSR count). The largest absolute Gasteiger partial charge is 0.485 e. The summed E-state index contributed by atoms with van der Waals surface area (Å²) in [7, 11) is 0. The van der Waals surface area contributed by atoms with Crippen LogP contribution in [0.5, 0.6) is 5.75 Å². The van der Waals surface area contributed by atoms with Gasteiger partial charge in [-0.25, -0.2) is 4.98 Å². The lowest BCUT2D eigenvalue weighted by atomic mass is 10.1. The van der Waals surface area contributed by atoms with Crippen molar-refractivity contribution in [2.24, 2.45) is 0 Å². The first-order valence-corrected chi connectivity index (χ1v) is 13.3. The average molecular weight is 579 g/mol. The zero-order chi connectivity index (χ0) is 25.6. The van der Waals surface area contributed by atoms with Gasteiger partial charge in [0, 0.05) is 49.5 Å². The van der Waals surface area contributed by atoms with Gasteiger partial charge in [-0.3, -0.25) is 19.5 Å². The van der Waals surface area contributed by atoms with Gasteiger partial charge in [0.05, 0.1) is 28.3 Å². The van der Waals surface area contributed by atoms with Crippen molar-refractivity contribution in [1.29, 1.82) is 0 Å². The molecule has 0 bridgehead atoms. The van der Waals surface area contributed by atoms with E-state index in [1.54, 1.807) is 0 Å². The Morgan fingerprint density at radius 1 is 0.900 bits per heavy atom. The van der Waals surface area contributed by atoms with Gasteiger partial charge in [0.15, 0.2) is 0 Å². The van der Waals surface area contributed by atoms with E-state index in [-0.39, 0.29) is 24.8 Å². The van der Waals surface area contributed by atoms with Crippen molar-refractivity contribution in [2.45, 2.75) is 26.9 Å². The van der Waals surface area contributed by atoms with Crippen LogP contribution in [0.25, 0.3) is 28.0 Å². The van der Waals surface area contributed by atoms with Gasteiger partial charge in [-0.05, 0) is 62.2 Å². The lowest BCUT2D eigenvalue weighted by Gasteiger charge is -2.36. The molecule has 0 unspecified atom stereocenters. The summed E-state index contributed by atoms with van der Waals surface area (Å²) in [6.07, 6.45) is 2.85. The third kappa shape index (κ3) is 5.03. The van der Waals surface area contributed by atoms with Gasteiger partial charge in [0.1, 0.15) is 24.4 Å². The molecule has 3 aromatic heterocycles. The monoisotopic (exact) mass is 577 g/mol. The molecule has 5 aromatic rings. The second-order valence-corrected chi connectivity index (χ2v) is 10.3. The summed E-state index contributed by atoms with van der Waals surface area (Å²) in [6.45, 7) is 9.66. The van der Waals surface area contributed by atoms with Crippen LogP contribution < -0.4 is 9.64 Å². The highest BCUT2D eigenvalue weighted by atomic mass is 35.5. The number of aryl methyl sites for hydroxylation is 2. The minimum absolute atomic E-state index is 0. The number of aromatic amines is 1. The van der Waals surface area contributed by atoms with Crippen molar-refractivity contribution in [2.75, 3.05) is 37.6 Å². The SMILES string of the molecule is Cc1cc(-c2ncn3c2COc2c(CCN4CCN(c5cccc6nc(C)ccc56)CC4)cccc2-3)[nH]n1.Cl.Cl. The standard InChI is InChI=1S/C30H31N7O.2ClH/c1-20-9-10-23-24(32-20)6-4-7-26(23)36-15-13-35(14-16-36)12-11-22-5-3-8-27-30(22)38-18-28-29(31-19-37(27)28)25-17-21(2)33-34-25;;/h3-10,17,19H,11-16,18H2,1-2H3,(H,33,34);2*1H. The van der Waals surface area contributed by atoms with Crippen LogP contribution in [0.15, 0.2) is 60.9 Å². The smallest absolute Gasteiger partial charge is 0.147 e. The second kappa shape index (κ2) is 11.5. The fourth-order valence-electron chi connectivity index (χ4n) is 5.76. The highest BCUT2D eigenvalue weighted by molar-refractivity contribution is 5.92. The van der Waals surface area contributed by atoms with Crippen LogP contribution in [-0.4, -0.2) is 62.4 Å². The Balaban J connectivity index is 0.00000161. The number of ether oxygens (including phenoxy) is 1. The van der Waals surface area contributed by atoms with E-state index < -0.39 is 0 Å². The van der Waals surface area contributed by atoms with Gasteiger partial charge in [0.2, 0.25) is 0 Å². The molecule has 0 atom stereocenters. The van der Waals surface area contributed by atoms with E-state index in [4.69, 9.17) is 9.72 Å². The predicted molar refractivity (Wildman–Crippen MR) is 164 cm³/mol. The van der Waals surface area contributed by atoms with Gasteiger partial charge in [-0.15, -0.1) is 24.8 Å². The van der Waals surface area contributed by atoms with Crippen LogP contribution in [0.4, 0.5) is 5.69 Å². The number of fused-ring (bicyclic) bond motifs is 4. The van der Waals surface area contributed by atoms with Crippen molar-refractivity contribution in [3.05, 3.63) is 83.6 Å². The molecule has 0 spiro atoms. The van der Waals surface area contributed by atoms with Gasteiger partial charge in [-0.1, -0.05) is 18.2 Å². The molecule has 40 heavy (non-hydrogen) atoms. The molecule has 0 saturated carbocycles. The Morgan fingerprint density at radius 3 is 2.50 bits per heavy atom. The third-order valence-electron chi connectivity index (χ3n) is 7.77. The van der Waals surface area contributed by atoms with Gasteiger partial charge in [0.25, 0.3) is 0 Å². The van der Waals surface area contributed by atoms with Crippen molar-refractivity contribution in [1.82, 2.24) is 29.6 Å². The first-order chi connectivity index (χ1) is 18.6. The number of nitrogens with zero attached hydrogens (tertiary/aromatic N) is 6. The topological polar surface area (TPSA) is 75.1 Å². The first kappa shape index (κ1) is 28.0. The number of benzene rings is 2. The fraction of sp³-hybridized carbons (Fsp3) is 0.300. The number of H-pyrrole nitrogens is 1. The highest BCUT2D eigenvalue weighted by Gasteiger charge is 2.25. The van der Waals surface area contributed by atoms with Crippen molar-refractivity contribution < 1.29 is 4.74 Å². The molecule has 1 N–H and O–H groups in total. The minimum Gasteiger partial charge on any atom is -0.485 e. The number of piperazine rings is 1. The quantitative estimate of drug-likeness (QED) is 0.296. The third-order valence-corrected chi connectivity index (χ3v) is 7.77. The van der Waals surface area contributed by atoms with E-state index >= 15 is 0 Å². The molecule has 2 aliphatic rings. The Kier molecular flexibility index (Phi) is 8.03. The van der Waals surface area contributed by atoms with Crippen molar-refractivity contribution in [3.8, 4) is 22.8 Å². The first-order valence-electron chi connectivity index (χ1n) is 13.3. The van der Waals surface area contributed by atoms with Crippen LogP contribution in [0, 0.1) is 13.8 Å². The molecule has 208 valence electrons. The predicted octanol–water partition coefficient (Wildman–Crippen LogP) is 5.53. The van der Waals surface area contributed by atoms with Crippen molar-refractivity contribution in [3.63, 3.8) is 0 Å². The molecule has 8 nitrogen and oxygen atoms in total. The number of hydrogen-bond donors (Lipinski definition) is 1. The van der Waals surface area contributed by atoms with E-state index in [9.17, 15) is 0 Å². The van der Waals surface area contributed by atoms with Gasteiger partial charge < -0.3 is 9.64 Å². The number of hydrogen-bond acceptors (Lipinski definition) is 6. The Bertz CT molecular complexity index is 1640. The number of nitrogens with one attached hydrogen (secondary N) is 1.